The Labute approximate surface area is 121 Å². The summed E-state index contributed by atoms with van der Waals surface area (Å²) in [5, 5.41) is 0. The van der Waals surface area contributed by atoms with Gasteiger partial charge in [-0.1, -0.05) is 6.08 Å². The van der Waals surface area contributed by atoms with Crippen LogP contribution in [0, 0.1) is 0 Å². The lowest BCUT2D eigenvalue weighted by Crippen LogP contribution is -2.44. The number of aliphatic imine (C=N–C) groups is 1. The molecule has 1 fully saturated rings. The van der Waals surface area contributed by atoms with Crippen LogP contribution in [0.4, 0.5) is 5.69 Å². The van der Waals surface area contributed by atoms with Crippen molar-refractivity contribution in [3.63, 3.8) is 0 Å². The van der Waals surface area contributed by atoms with Crippen LogP contribution >= 0.6 is 0 Å². The second-order valence-electron chi connectivity index (χ2n) is 5.77. The van der Waals surface area contributed by atoms with Crippen LogP contribution in [-0.2, 0) is 5.41 Å². The van der Waals surface area contributed by atoms with Crippen molar-refractivity contribution in [2.75, 3.05) is 20.2 Å². The first kappa shape index (κ1) is 13.2. The van der Waals surface area contributed by atoms with Gasteiger partial charge >= 0.3 is 0 Å². The van der Waals surface area contributed by atoms with E-state index in [2.05, 4.69) is 24.5 Å². The maximum absolute atomic E-state index is 5.36. The predicted octanol–water partition coefficient (Wildman–Crippen LogP) is 3.67. The third-order valence-corrected chi connectivity index (χ3v) is 4.52. The minimum atomic E-state index is -0.207. The molecule has 20 heavy (non-hydrogen) atoms. The van der Waals surface area contributed by atoms with E-state index in [1.165, 1.54) is 24.8 Å². The fraction of sp³-hybridized carbons (Fsp3) is 0.471. The van der Waals surface area contributed by atoms with Crippen LogP contribution in [0.5, 0.6) is 5.75 Å². The molecule has 0 amide bonds. The molecule has 3 heteroatoms. The fourth-order valence-corrected chi connectivity index (χ4v) is 3.21. The molecule has 2 aliphatic heterocycles. The summed E-state index contributed by atoms with van der Waals surface area (Å²) in [4.78, 5) is 7.32. The van der Waals surface area contributed by atoms with Gasteiger partial charge in [-0.05, 0) is 49.9 Å². The number of hydrogen-bond acceptors (Lipinski definition) is 3. The van der Waals surface area contributed by atoms with Crippen LogP contribution in [0.15, 0.2) is 35.8 Å². The highest BCUT2D eigenvalue weighted by molar-refractivity contribution is 6.01. The van der Waals surface area contributed by atoms with E-state index in [9.17, 15) is 0 Å². The highest BCUT2D eigenvalue weighted by atomic mass is 16.5. The summed E-state index contributed by atoms with van der Waals surface area (Å²) in [5.74, 6) is 2.03. The van der Waals surface area contributed by atoms with Gasteiger partial charge in [-0.2, -0.15) is 0 Å². The van der Waals surface area contributed by atoms with Crippen molar-refractivity contribution in [3.05, 3.63) is 36.4 Å². The summed E-state index contributed by atoms with van der Waals surface area (Å²) in [7, 11) is 1.70. The molecule has 0 N–H and O–H groups in total. The smallest absolute Gasteiger partial charge is 0.119 e. The van der Waals surface area contributed by atoms with Crippen LogP contribution in [0.3, 0.4) is 0 Å². The van der Waals surface area contributed by atoms with E-state index in [1.807, 2.05) is 18.2 Å². The molecule has 3 rings (SSSR count). The van der Waals surface area contributed by atoms with Crippen LogP contribution < -0.4 is 4.74 Å². The molecule has 1 aromatic rings. The van der Waals surface area contributed by atoms with Crippen molar-refractivity contribution in [2.24, 2.45) is 4.99 Å². The number of likely N-dealkylation sites (tertiary alicyclic amines) is 1. The highest BCUT2D eigenvalue weighted by Crippen LogP contribution is 2.44. The first-order valence-corrected chi connectivity index (χ1v) is 7.35. The number of hydrogen-bond donors (Lipinski definition) is 0. The van der Waals surface area contributed by atoms with Crippen LogP contribution in [-0.4, -0.2) is 30.9 Å². The van der Waals surface area contributed by atoms with Crippen LogP contribution in [0.1, 0.15) is 31.7 Å². The Morgan fingerprint density at radius 2 is 2.05 bits per heavy atom. The fourth-order valence-electron chi connectivity index (χ4n) is 3.21. The predicted molar refractivity (Wildman–Crippen MR) is 83.1 cm³/mol. The number of benzene rings is 1. The Bertz CT molecular complexity index is 558. The van der Waals surface area contributed by atoms with Crippen molar-refractivity contribution in [2.45, 2.75) is 31.6 Å². The number of rotatable bonds is 2. The molecule has 106 valence electrons. The topological polar surface area (TPSA) is 24.8 Å². The highest BCUT2D eigenvalue weighted by Gasteiger charge is 2.40. The van der Waals surface area contributed by atoms with Crippen molar-refractivity contribution in [1.82, 2.24) is 4.90 Å². The van der Waals surface area contributed by atoms with E-state index in [-0.39, 0.29) is 5.41 Å². The minimum Gasteiger partial charge on any atom is -0.497 e. The molecule has 1 saturated heterocycles. The summed E-state index contributed by atoms with van der Waals surface area (Å²) >= 11 is 0. The largest absolute Gasteiger partial charge is 0.497 e. The SMILES string of the molecule is C=CC1(C)C(N2CCCCC2)=Nc2ccc(OC)cc21. The van der Waals surface area contributed by atoms with Gasteiger partial charge in [-0.25, -0.2) is 4.99 Å². The molecule has 2 aliphatic rings. The zero-order chi connectivity index (χ0) is 14.2. The van der Waals surface area contributed by atoms with Gasteiger partial charge in [0.2, 0.25) is 0 Å². The van der Waals surface area contributed by atoms with E-state index in [1.54, 1.807) is 7.11 Å². The first-order chi connectivity index (χ1) is 9.69. The number of amidine groups is 1. The summed E-state index contributed by atoms with van der Waals surface area (Å²) in [6.07, 6.45) is 5.86. The average Bonchev–Trinajstić information content (AvgIpc) is 2.81. The van der Waals surface area contributed by atoms with Gasteiger partial charge in [0.05, 0.1) is 18.2 Å². The maximum atomic E-state index is 5.36. The van der Waals surface area contributed by atoms with Gasteiger partial charge in [0.1, 0.15) is 11.6 Å². The molecule has 2 heterocycles. The first-order valence-electron chi connectivity index (χ1n) is 7.35. The number of fused-ring (bicyclic) bond motifs is 1. The monoisotopic (exact) mass is 270 g/mol. The zero-order valence-electron chi connectivity index (χ0n) is 12.4. The third-order valence-electron chi connectivity index (χ3n) is 4.52. The zero-order valence-corrected chi connectivity index (χ0v) is 12.4. The van der Waals surface area contributed by atoms with Crippen LogP contribution in [0.2, 0.25) is 0 Å². The second-order valence-corrected chi connectivity index (χ2v) is 5.77. The van der Waals surface area contributed by atoms with Gasteiger partial charge in [0.25, 0.3) is 0 Å². The molecular formula is C17H22N2O. The Hall–Kier alpha value is -1.77. The quantitative estimate of drug-likeness (QED) is 0.766. The maximum Gasteiger partial charge on any atom is 0.119 e. The Kier molecular flexibility index (Phi) is 3.28. The Morgan fingerprint density at radius 3 is 2.70 bits per heavy atom. The molecule has 0 bridgehead atoms. The number of methoxy groups -OCH3 is 1. The van der Waals surface area contributed by atoms with Gasteiger partial charge < -0.3 is 9.64 Å². The Morgan fingerprint density at radius 1 is 1.30 bits per heavy atom. The van der Waals surface area contributed by atoms with Gasteiger partial charge in [0, 0.05) is 13.1 Å². The number of ether oxygens (including phenoxy) is 1. The lowest BCUT2D eigenvalue weighted by Gasteiger charge is -2.35. The van der Waals surface area contributed by atoms with E-state index in [0.29, 0.717) is 0 Å². The summed E-state index contributed by atoms with van der Waals surface area (Å²) in [6.45, 7) is 8.48. The van der Waals surface area contributed by atoms with E-state index < -0.39 is 0 Å². The molecule has 3 nitrogen and oxygen atoms in total. The minimum absolute atomic E-state index is 0.207. The molecule has 0 spiro atoms. The molecule has 1 atom stereocenters. The number of nitrogens with zero attached hydrogens (tertiary/aromatic N) is 2. The van der Waals surface area contributed by atoms with Gasteiger partial charge in [0.15, 0.2) is 0 Å². The normalized spacial score (nSPS) is 25.1. The van der Waals surface area contributed by atoms with E-state index >= 15 is 0 Å². The van der Waals surface area contributed by atoms with Crippen molar-refractivity contribution in [3.8, 4) is 5.75 Å². The van der Waals surface area contributed by atoms with Gasteiger partial charge in [-0.3, -0.25) is 0 Å². The third kappa shape index (κ3) is 1.92. The molecule has 1 aromatic carbocycles. The van der Waals surface area contributed by atoms with Crippen molar-refractivity contribution in [1.29, 1.82) is 0 Å². The standard InChI is InChI=1S/C17H22N2O/c1-4-17(2)14-12-13(20-3)8-9-15(14)18-16(17)19-10-6-5-7-11-19/h4,8-9,12H,1,5-7,10-11H2,2-3H3. The van der Waals surface area contributed by atoms with E-state index in [4.69, 9.17) is 9.73 Å². The van der Waals surface area contributed by atoms with E-state index in [0.717, 1.165) is 30.4 Å². The van der Waals surface area contributed by atoms with Crippen molar-refractivity contribution >= 4 is 11.5 Å². The lowest BCUT2D eigenvalue weighted by molar-refractivity contribution is 0.329. The molecule has 1 unspecified atom stereocenters. The summed E-state index contributed by atoms with van der Waals surface area (Å²) in [5.41, 5.74) is 2.04. The van der Waals surface area contributed by atoms with Gasteiger partial charge in [-0.15, -0.1) is 6.58 Å². The molecule has 0 aliphatic carbocycles. The molecular weight excluding hydrogens is 248 g/mol. The lowest BCUT2D eigenvalue weighted by atomic mass is 9.81. The summed E-state index contributed by atoms with van der Waals surface area (Å²) < 4.78 is 5.36. The average molecular weight is 270 g/mol. The summed E-state index contributed by atoms with van der Waals surface area (Å²) in [6, 6.07) is 6.12. The molecule has 0 aromatic heterocycles. The second kappa shape index (κ2) is 4.97. The van der Waals surface area contributed by atoms with Crippen molar-refractivity contribution < 1.29 is 4.74 Å². The van der Waals surface area contributed by atoms with Crippen LogP contribution in [0.25, 0.3) is 0 Å². The number of piperidine rings is 1. The molecule has 0 saturated carbocycles. The molecule has 0 radical (unpaired) electrons. The Balaban J connectivity index is 2.02.